The fourth-order valence-electron chi connectivity index (χ4n) is 5.65. The van der Waals surface area contributed by atoms with Gasteiger partial charge in [0.15, 0.2) is 0 Å². The Hall–Kier alpha value is -2.33. The highest BCUT2D eigenvalue weighted by atomic mass is 35.5. The highest BCUT2D eigenvalue weighted by Gasteiger charge is 2.42. The van der Waals surface area contributed by atoms with Gasteiger partial charge >= 0.3 is 0 Å². The number of halogens is 1. The molecule has 1 saturated carbocycles. The number of aliphatic hydroxyl groups excluding tert-OH is 1. The topological polar surface area (TPSA) is 111 Å². The van der Waals surface area contributed by atoms with E-state index in [0.29, 0.717) is 55.3 Å². The number of carbonyl (C=O) groups is 1. The molecule has 4 N–H and O–H groups in total. The van der Waals surface area contributed by atoms with Crippen LogP contribution in [0, 0.1) is 5.92 Å². The average molecular weight is 621 g/mol. The third-order valence-electron chi connectivity index (χ3n) is 8.25. The average Bonchev–Trinajstić information content (AvgIpc) is 3.71. The van der Waals surface area contributed by atoms with Gasteiger partial charge in [0.2, 0.25) is 10.0 Å². The number of amides is 1. The molecule has 2 fully saturated rings. The first kappa shape index (κ1) is 34.2. The van der Waals surface area contributed by atoms with E-state index in [-0.39, 0.29) is 29.6 Å². The van der Waals surface area contributed by atoms with Crippen LogP contribution in [-0.4, -0.2) is 62.5 Å². The Balaban J connectivity index is 0.00000484. The van der Waals surface area contributed by atoms with E-state index in [0.717, 1.165) is 31.2 Å². The second-order valence-corrected chi connectivity index (χ2v) is 14.2. The van der Waals surface area contributed by atoms with Gasteiger partial charge in [-0.1, -0.05) is 57.0 Å². The molecule has 0 unspecified atom stereocenters. The maximum Gasteiger partial charge on any atom is 0.251 e. The van der Waals surface area contributed by atoms with Crippen LogP contribution in [-0.2, 0) is 16.4 Å². The molecule has 1 saturated heterocycles. The van der Waals surface area contributed by atoms with E-state index in [9.17, 15) is 18.3 Å². The van der Waals surface area contributed by atoms with Crippen molar-refractivity contribution in [2.45, 2.75) is 89.8 Å². The van der Waals surface area contributed by atoms with Gasteiger partial charge in [0.25, 0.3) is 5.91 Å². The lowest BCUT2D eigenvalue weighted by molar-refractivity contribution is 0.0821. The normalized spacial score (nSPS) is 18.5. The van der Waals surface area contributed by atoms with E-state index < -0.39 is 22.2 Å². The SMILES string of the molecule is CCNc1cc(C(=O)N[C@@H](Cc2ccccc2)[C@H](O)CNC2(CCCC(C)C)CC2)cc(N2CCCCS2(=O)=O)c1.Cl. The number of anilines is 2. The molecule has 0 bridgehead atoms. The van der Waals surface area contributed by atoms with Crippen LogP contribution in [0.1, 0.15) is 81.6 Å². The fourth-order valence-corrected chi connectivity index (χ4v) is 7.28. The van der Waals surface area contributed by atoms with Gasteiger partial charge in [-0.3, -0.25) is 9.10 Å². The summed E-state index contributed by atoms with van der Waals surface area (Å²) in [5.74, 6) is 0.457. The molecule has 1 heterocycles. The third kappa shape index (κ3) is 9.59. The van der Waals surface area contributed by atoms with Gasteiger partial charge < -0.3 is 21.1 Å². The molecule has 4 rings (SSSR count). The Morgan fingerprint density at radius 1 is 1.10 bits per heavy atom. The minimum Gasteiger partial charge on any atom is -0.390 e. The monoisotopic (exact) mass is 620 g/mol. The van der Waals surface area contributed by atoms with Gasteiger partial charge in [-0.05, 0) is 75.1 Å². The van der Waals surface area contributed by atoms with Crippen LogP contribution in [0.5, 0.6) is 0 Å². The number of aliphatic hydroxyl groups is 1. The van der Waals surface area contributed by atoms with Crippen molar-refractivity contribution in [3.05, 3.63) is 59.7 Å². The van der Waals surface area contributed by atoms with E-state index in [2.05, 4.69) is 29.8 Å². The maximum absolute atomic E-state index is 13.7. The summed E-state index contributed by atoms with van der Waals surface area (Å²) in [5.41, 5.74) is 2.68. The summed E-state index contributed by atoms with van der Waals surface area (Å²) in [7, 11) is -3.43. The highest BCUT2D eigenvalue weighted by Crippen LogP contribution is 2.40. The molecule has 8 nitrogen and oxygen atoms in total. The minimum atomic E-state index is -3.43. The van der Waals surface area contributed by atoms with Crippen molar-refractivity contribution in [2.75, 3.05) is 35.0 Å². The smallest absolute Gasteiger partial charge is 0.251 e. The standard InChI is InChI=1S/C32H48N4O4S.ClH/c1-4-33-27-20-26(21-28(22-27)36-17-8-9-18-41(36,39)40)31(38)35-29(19-25-12-6-5-7-13-25)30(37)23-34-32(15-16-32)14-10-11-24(2)3;/h5-7,12-13,20-22,24,29-30,33-34,37H,4,8-11,14-19,23H2,1-3H3,(H,35,38);1H/t29-,30+;/m0./s1. The third-order valence-corrected chi connectivity index (χ3v) is 10.1. The number of benzene rings is 2. The van der Waals surface area contributed by atoms with Crippen molar-refractivity contribution >= 4 is 39.7 Å². The first-order valence-electron chi connectivity index (χ1n) is 15.3. The van der Waals surface area contributed by atoms with Gasteiger partial charge in [0.1, 0.15) is 0 Å². The van der Waals surface area contributed by atoms with E-state index in [1.54, 1.807) is 18.2 Å². The predicted octanol–water partition coefficient (Wildman–Crippen LogP) is 5.12. The van der Waals surface area contributed by atoms with Crippen LogP contribution >= 0.6 is 12.4 Å². The molecule has 2 aromatic rings. The Morgan fingerprint density at radius 3 is 2.48 bits per heavy atom. The summed E-state index contributed by atoms with van der Waals surface area (Å²) in [6, 6.07) is 14.5. The number of nitrogens with one attached hydrogen (secondary N) is 3. The molecule has 0 aromatic heterocycles. The Kier molecular flexibility index (Phi) is 12.5. The fraction of sp³-hybridized carbons (Fsp3) is 0.594. The summed E-state index contributed by atoms with van der Waals surface area (Å²) in [6.45, 7) is 7.88. The predicted molar refractivity (Wildman–Crippen MR) is 174 cm³/mol. The first-order chi connectivity index (χ1) is 19.6. The van der Waals surface area contributed by atoms with Crippen LogP contribution in [0.15, 0.2) is 48.5 Å². The van der Waals surface area contributed by atoms with Gasteiger partial charge in [0.05, 0.1) is 23.6 Å². The van der Waals surface area contributed by atoms with E-state index in [1.165, 1.54) is 17.1 Å². The zero-order valence-corrected chi connectivity index (χ0v) is 26.9. The molecule has 0 radical (unpaired) electrons. The van der Waals surface area contributed by atoms with Crippen LogP contribution < -0.4 is 20.3 Å². The van der Waals surface area contributed by atoms with Crippen LogP contribution in [0.3, 0.4) is 0 Å². The summed E-state index contributed by atoms with van der Waals surface area (Å²) in [5, 5.41) is 21.3. The second-order valence-electron chi connectivity index (χ2n) is 12.2. The van der Waals surface area contributed by atoms with Crippen LogP contribution in [0.25, 0.3) is 0 Å². The van der Waals surface area contributed by atoms with E-state index in [4.69, 9.17) is 0 Å². The summed E-state index contributed by atoms with van der Waals surface area (Å²) < 4.78 is 27.1. The number of carbonyl (C=O) groups excluding carboxylic acids is 1. The van der Waals surface area contributed by atoms with Gasteiger partial charge in [-0.15, -0.1) is 12.4 Å². The maximum atomic E-state index is 13.7. The van der Waals surface area contributed by atoms with Gasteiger partial charge in [0, 0.05) is 36.4 Å². The van der Waals surface area contributed by atoms with Crippen molar-refractivity contribution in [3.63, 3.8) is 0 Å². The van der Waals surface area contributed by atoms with Gasteiger partial charge in [-0.2, -0.15) is 0 Å². The molecule has 42 heavy (non-hydrogen) atoms. The minimum absolute atomic E-state index is 0. The van der Waals surface area contributed by atoms with Crippen molar-refractivity contribution in [1.29, 1.82) is 0 Å². The Labute approximate surface area is 258 Å². The number of β-amino-alcohol motifs (C(OH)–C–C–N with tert-alkyl or cyclic N) is 1. The number of hydrogen-bond acceptors (Lipinski definition) is 6. The van der Waals surface area contributed by atoms with Crippen LogP contribution in [0.2, 0.25) is 0 Å². The molecule has 2 aliphatic rings. The molecule has 2 atom stereocenters. The molecular weight excluding hydrogens is 572 g/mol. The lowest BCUT2D eigenvalue weighted by Crippen LogP contribution is -2.50. The summed E-state index contributed by atoms with van der Waals surface area (Å²) >= 11 is 0. The molecule has 2 aromatic carbocycles. The molecular formula is C32H49ClN4O4S. The zero-order chi connectivity index (χ0) is 29.5. The number of nitrogens with zero attached hydrogens (tertiary/aromatic N) is 1. The molecule has 1 aliphatic heterocycles. The first-order valence-corrected chi connectivity index (χ1v) is 16.9. The second kappa shape index (κ2) is 15.4. The quantitative estimate of drug-likeness (QED) is 0.220. The zero-order valence-electron chi connectivity index (χ0n) is 25.3. The largest absolute Gasteiger partial charge is 0.390 e. The van der Waals surface area contributed by atoms with Crippen LogP contribution in [0.4, 0.5) is 11.4 Å². The highest BCUT2D eigenvalue weighted by molar-refractivity contribution is 7.92. The molecule has 10 heteroatoms. The summed E-state index contributed by atoms with van der Waals surface area (Å²) in [4.78, 5) is 13.7. The lowest BCUT2D eigenvalue weighted by atomic mass is 9.99. The van der Waals surface area contributed by atoms with E-state index >= 15 is 0 Å². The van der Waals surface area contributed by atoms with Crippen molar-refractivity contribution < 1.29 is 18.3 Å². The lowest BCUT2D eigenvalue weighted by Gasteiger charge is -2.29. The van der Waals surface area contributed by atoms with Crippen molar-refractivity contribution in [2.24, 2.45) is 5.92 Å². The molecule has 1 amide bonds. The number of sulfonamides is 1. The summed E-state index contributed by atoms with van der Waals surface area (Å²) in [6.07, 6.45) is 6.83. The molecule has 234 valence electrons. The Morgan fingerprint density at radius 2 is 1.83 bits per heavy atom. The van der Waals surface area contributed by atoms with Crippen molar-refractivity contribution in [1.82, 2.24) is 10.6 Å². The number of hydrogen-bond donors (Lipinski definition) is 4. The molecule has 0 spiro atoms. The van der Waals surface area contributed by atoms with E-state index in [1.807, 2.05) is 37.3 Å². The Bertz CT molecular complexity index is 1250. The van der Waals surface area contributed by atoms with Gasteiger partial charge in [-0.25, -0.2) is 8.42 Å². The van der Waals surface area contributed by atoms with Crippen molar-refractivity contribution in [3.8, 4) is 0 Å². The number of rotatable bonds is 15. The molecule has 1 aliphatic carbocycles.